The average Bonchev–Trinajstić information content (AvgIpc) is 2.79. The van der Waals surface area contributed by atoms with E-state index in [-0.39, 0.29) is 5.91 Å². The van der Waals surface area contributed by atoms with E-state index in [2.05, 4.69) is 5.32 Å². The van der Waals surface area contributed by atoms with Gasteiger partial charge in [-0.2, -0.15) is 0 Å². The first kappa shape index (κ1) is 20.0. The third-order valence-corrected chi connectivity index (χ3v) is 5.86. The number of hydrogen-bond donors (Lipinski definition) is 1. The highest BCUT2D eigenvalue weighted by molar-refractivity contribution is 6.36. The van der Waals surface area contributed by atoms with Gasteiger partial charge in [-0.05, 0) is 59.8 Å². The van der Waals surface area contributed by atoms with Gasteiger partial charge < -0.3 is 9.73 Å². The van der Waals surface area contributed by atoms with Crippen LogP contribution in [0.15, 0.2) is 94.1 Å². The number of halogens is 1. The minimum atomic E-state index is -0.392. The first-order chi connectivity index (χ1) is 15.5. The fourth-order valence-electron chi connectivity index (χ4n) is 3.96. The van der Waals surface area contributed by atoms with E-state index < -0.39 is 5.63 Å². The van der Waals surface area contributed by atoms with Crippen molar-refractivity contribution in [2.24, 2.45) is 0 Å². The summed E-state index contributed by atoms with van der Waals surface area (Å²) in [4.78, 5) is 25.5. The number of aryl methyl sites for hydroxylation is 1. The second-order valence-electron chi connectivity index (χ2n) is 7.61. The summed E-state index contributed by atoms with van der Waals surface area (Å²) in [7, 11) is 0. The van der Waals surface area contributed by atoms with E-state index in [1.165, 1.54) is 0 Å². The number of hydrogen-bond acceptors (Lipinski definition) is 3. The second kappa shape index (κ2) is 7.98. The van der Waals surface area contributed by atoms with Crippen molar-refractivity contribution in [2.75, 3.05) is 5.32 Å². The standard InChI is InChI=1S/C27H18ClNO3/c1-16-14-18(29-26(30)22-9-4-8-21-20(22)7-5-10-24(21)28)12-13-19(16)23-15-17-6-2-3-11-25(17)32-27(23)31/h2-15H,1H3,(H,29,30). The van der Waals surface area contributed by atoms with E-state index in [1.54, 1.807) is 24.3 Å². The molecule has 1 N–H and O–H groups in total. The fraction of sp³-hybridized carbons (Fsp3) is 0.0370. The molecule has 1 amide bonds. The lowest BCUT2D eigenvalue weighted by molar-refractivity contribution is 0.102. The lowest BCUT2D eigenvalue weighted by atomic mass is 10.00. The van der Waals surface area contributed by atoms with Gasteiger partial charge in [-0.25, -0.2) is 4.79 Å². The summed E-state index contributed by atoms with van der Waals surface area (Å²) < 4.78 is 5.47. The smallest absolute Gasteiger partial charge is 0.344 e. The highest BCUT2D eigenvalue weighted by atomic mass is 35.5. The zero-order valence-electron chi connectivity index (χ0n) is 17.2. The van der Waals surface area contributed by atoms with Crippen LogP contribution in [0, 0.1) is 6.92 Å². The summed E-state index contributed by atoms with van der Waals surface area (Å²) in [5.74, 6) is -0.227. The lowest BCUT2D eigenvalue weighted by Crippen LogP contribution is -2.12. The summed E-state index contributed by atoms with van der Waals surface area (Å²) in [6.45, 7) is 1.90. The molecule has 0 saturated carbocycles. The van der Waals surface area contributed by atoms with Crippen molar-refractivity contribution in [3.8, 4) is 11.1 Å². The zero-order valence-corrected chi connectivity index (χ0v) is 17.9. The summed E-state index contributed by atoms with van der Waals surface area (Å²) in [6.07, 6.45) is 0. The first-order valence-corrected chi connectivity index (χ1v) is 10.5. The molecule has 5 rings (SSSR count). The Morgan fingerprint density at radius 3 is 2.47 bits per heavy atom. The van der Waals surface area contributed by atoms with Gasteiger partial charge in [0, 0.05) is 27.0 Å². The van der Waals surface area contributed by atoms with Crippen LogP contribution in [0.2, 0.25) is 5.02 Å². The Labute approximate surface area is 189 Å². The highest BCUT2D eigenvalue weighted by Crippen LogP contribution is 2.28. The van der Waals surface area contributed by atoms with Crippen LogP contribution in [-0.2, 0) is 0 Å². The van der Waals surface area contributed by atoms with Gasteiger partial charge in [-0.1, -0.05) is 60.1 Å². The molecule has 0 aliphatic rings. The van der Waals surface area contributed by atoms with Crippen LogP contribution in [0.25, 0.3) is 32.9 Å². The number of fused-ring (bicyclic) bond motifs is 2. The van der Waals surface area contributed by atoms with E-state index in [0.717, 1.165) is 27.3 Å². The topological polar surface area (TPSA) is 59.3 Å². The Kier molecular flexibility index (Phi) is 5.00. The minimum absolute atomic E-state index is 0.227. The third-order valence-electron chi connectivity index (χ3n) is 5.53. The Bertz CT molecular complexity index is 1570. The number of amides is 1. The minimum Gasteiger partial charge on any atom is -0.422 e. The van der Waals surface area contributed by atoms with Crippen LogP contribution in [0.3, 0.4) is 0 Å². The van der Waals surface area contributed by atoms with Crippen molar-refractivity contribution in [1.29, 1.82) is 0 Å². The number of para-hydroxylation sites is 1. The van der Waals surface area contributed by atoms with Gasteiger partial charge in [0.2, 0.25) is 0 Å². The molecule has 0 radical (unpaired) electrons. The molecule has 0 atom stereocenters. The number of nitrogens with one attached hydrogen (secondary N) is 1. The van der Waals surface area contributed by atoms with Gasteiger partial charge in [0.15, 0.2) is 0 Å². The average molecular weight is 440 g/mol. The normalized spacial score (nSPS) is 11.1. The Hall–Kier alpha value is -3.89. The molecule has 156 valence electrons. The van der Waals surface area contributed by atoms with Crippen molar-refractivity contribution in [3.05, 3.63) is 111 Å². The SMILES string of the molecule is Cc1cc(NC(=O)c2cccc3c(Cl)cccc23)ccc1-c1cc2ccccc2oc1=O. The number of carbonyl (C=O) groups excluding carboxylic acids is 1. The number of benzene rings is 4. The molecule has 0 bridgehead atoms. The molecule has 4 nitrogen and oxygen atoms in total. The maximum absolute atomic E-state index is 13.0. The summed E-state index contributed by atoms with van der Waals surface area (Å²) in [5.41, 5.74) is 3.45. The van der Waals surface area contributed by atoms with Crippen molar-refractivity contribution in [2.45, 2.75) is 6.92 Å². The molecular weight excluding hydrogens is 422 g/mol. The molecule has 0 spiro atoms. The third kappa shape index (κ3) is 3.55. The summed E-state index contributed by atoms with van der Waals surface area (Å²) >= 11 is 6.27. The maximum Gasteiger partial charge on any atom is 0.344 e. The Balaban J connectivity index is 1.48. The fourth-order valence-corrected chi connectivity index (χ4v) is 4.20. The lowest BCUT2D eigenvalue weighted by Gasteiger charge is -2.11. The molecule has 5 aromatic rings. The summed E-state index contributed by atoms with van der Waals surface area (Å²) in [5, 5.41) is 6.03. The second-order valence-corrected chi connectivity index (χ2v) is 8.02. The van der Waals surface area contributed by atoms with Crippen molar-refractivity contribution >= 4 is 44.9 Å². The van der Waals surface area contributed by atoms with Crippen molar-refractivity contribution < 1.29 is 9.21 Å². The van der Waals surface area contributed by atoms with Crippen molar-refractivity contribution in [3.63, 3.8) is 0 Å². The Morgan fingerprint density at radius 1 is 0.844 bits per heavy atom. The maximum atomic E-state index is 13.0. The van der Waals surface area contributed by atoms with Crippen LogP contribution < -0.4 is 10.9 Å². The van der Waals surface area contributed by atoms with Gasteiger partial charge in [0.05, 0.1) is 5.56 Å². The molecule has 0 aliphatic carbocycles. The molecular formula is C27H18ClNO3. The first-order valence-electron chi connectivity index (χ1n) is 10.1. The molecule has 1 aromatic heterocycles. The van der Waals surface area contributed by atoms with E-state index in [0.29, 0.717) is 27.4 Å². The van der Waals surface area contributed by atoms with Gasteiger partial charge in [-0.15, -0.1) is 0 Å². The largest absolute Gasteiger partial charge is 0.422 e. The van der Waals surface area contributed by atoms with Crippen LogP contribution in [0.5, 0.6) is 0 Å². The van der Waals surface area contributed by atoms with Gasteiger partial charge in [0.25, 0.3) is 5.91 Å². The van der Waals surface area contributed by atoms with Crippen LogP contribution in [0.1, 0.15) is 15.9 Å². The zero-order chi connectivity index (χ0) is 22.2. The van der Waals surface area contributed by atoms with E-state index in [1.807, 2.05) is 67.6 Å². The van der Waals surface area contributed by atoms with E-state index in [9.17, 15) is 9.59 Å². The Morgan fingerprint density at radius 2 is 1.62 bits per heavy atom. The van der Waals surface area contributed by atoms with Crippen LogP contribution in [-0.4, -0.2) is 5.91 Å². The molecule has 0 fully saturated rings. The molecule has 4 aromatic carbocycles. The predicted octanol–water partition coefficient (Wildman–Crippen LogP) is 6.83. The molecule has 32 heavy (non-hydrogen) atoms. The molecule has 0 saturated heterocycles. The van der Waals surface area contributed by atoms with Gasteiger partial charge in [0.1, 0.15) is 5.58 Å². The number of carbonyl (C=O) groups is 1. The quantitative estimate of drug-likeness (QED) is 0.313. The van der Waals surface area contributed by atoms with Crippen LogP contribution in [0.4, 0.5) is 5.69 Å². The van der Waals surface area contributed by atoms with Gasteiger partial charge in [-0.3, -0.25) is 4.79 Å². The molecule has 0 unspecified atom stereocenters. The van der Waals surface area contributed by atoms with Crippen LogP contribution >= 0.6 is 11.6 Å². The molecule has 5 heteroatoms. The predicted molar refractivity (Wildman–Crippen MR) is 130 cm³/mol. The molecule has 1 heterocycles. The highest BCUT2D eigenvalue weighted by Gasteiger charge is 2.14. The summed E-state index contributed by atoms with van der Waals surface area (Å²) in [6, 6.07) is 25.7. The monoisotopic (exact) mass is 439 g/mol. The van der Waals surface area contributed by atoms with E-state index >= 15 is 0 Å². The van der Waals surface area contributed by atoms with Gasteiger partial charge >= 0.3 is 5.63 Å². The molecule has 0 aliphatic heterocycles. The van der Waals surface area contributed by atoms with Crippen molar-refractivity contribution in [1.82, 2.24) is 0 Å². The number of rotatable bonds is 3. The van der Waals surface area contributed by atoms with E-state index in [4.69, 9.17) is 16.0 Å². The number of anilines is 1.